The second-order valence-electron chi connectivity index (χ2n) is 6.71. The third-order valence-corrected chi connectivity index (χ3v) is 4.35. The lowest BCUT2D eigenvalue weighted by Crippen LogP contribution is -2.37. The highest BCUT2D eigenvalue weighted by molar-refractivity contribution is 5.90. The highest BCUT2D eigenvalue weighted by atomic mass is 16.6. The van der Waals surface area contributed by atoms with Crippen LogP contribution in [-0.4, -0.2) is 44.9 Å². The van der Waals surface area contributed by atoms with Gasteiger partial charge in [0.1, 0.15) is 6.10 Å². The quantitative estimate of drug-likeness (QED) is 0.794. The summed E-state index contributed by atoms with van der Waals surface area (Å²) >= 11 is 0. The summed E-state index contributed by atoms with van der Waals surface area (Å²) in [6, 6.07) is 13.0. The van der Waals surface area contributed by atoms with Gasteiger partial charge in [-0.2, -0.15) is 0 Å². The maximum atomic E-state index is 12.2. The van der Waals surface area contributed by atoms with Crippen LogP contribution in [0.2, 0.25) is 0 Å². The first kappa shape index (κ1) is 19.5. The Morgan fingerprint density at radius 2 is 1.86 bits per heavy atom. The van der Waals surface area contributed by atoms with Gasteiger partial charge in [-0.15, -0.1) is 0 Å². The van der Waals surface area contributed by atoms with Gasteiger partial charge >= 0.3 is 6.09 Å². The van der Waals surface area contributed by atoms with Crippen molar-refractivity contribution in [3.05, 3.63) is 53.6 Å². The van der Waals surface area contributed by atoms with Crippen molar-refractivity contribution in [1.29, 1.82) is 0 Å². The highest BCUT2D eigenvalue weighted by Gasteiger charge is 2.32. The van der Waals surface area contributed by atoms with Gasteiger partial charge < -0.3 is 19.5 Å². The van der Waals surface area contributed by atoms with Crippen molar-refractivity contribution in [1.82, 2.24) is 5.32 Å². The number of hydrogen-bond acceptors (Lipinski definition) is 5. The molecule has 0 aromatic heterocycles. The zero-order valence-corrected chi connectivity index (χ0v) is 16.2. The Morgan fingerprint density at radius 3 is 2.54 bits per heavy atom. The number of hydrogen-bond donors (Lipinski definition) is 1. The molecule has 1 unspecified atom stereocenters. The molecule has 7 nitrogen and oxygen atoms in total. The van der Waals surface area contributed by atoms with E-state index in [0.29, 0.717) is 18.0 Å². The largest absolute Gasteiger partial charge is 0.493 e. The first-order chi connectivity index (χ1) is 13.5. The van der Waals surface area contributed by atoms with Crippen LogP contribution in [-0.2, 0) is 9.53 Å². The molecule has 0 radical (unpaired) electrons. The summed E-state index contributed by atoms with van der Waals surface area (Å²) in [4.78, 5) is 25.8. The van der Waals surface area contributed by atoms with Gasteiger partial charge in [-0.1, -0.05) is 18.2 Å². The molecular weight excluding hydrogens is 360 g/mol. The maximum Gasteiger partial charge on any atom is 0.414 e. The monoisotopic (exact) mass is 384 g/mol. The number of nitrogens with zero attached hydrogens (tertiary/aromatic N) is 1. The second kappa shape index (κ2) is 8.65. The van der Waals surface area contributed by atoms with E-state index in [1.54, 1.807) is 23.1 Å². The zero-order chi connectivity index (χ0) is 20.1. The number of benzene rings is 2. The lowest BCUT2D eigenvalue weighted by atomic mass is 10.1. The van der Waals surface area contributed by atoms with Crippen LogP contribution in [0.3, 0.4) is 0 Å². The van der Waals surface area contributed by atoms with E-state index in [0.717, 1.165) is 16.8 Å². The topological polar surface area (TPSA) is 77.1 Å². The van der Waals surface area contributed by atoms with Gasteiger partial charge in [-0.25, -0.2) is 4.79 Å². The minimum Gasteiger partial charge on any atom is -0.493 e. The second-order valence-corrected chi connectivity index (χ2v) is 6.71. The van der Waals surface area contributed by atoms with E-state index in [1.807, 2.05) is 38.1 Å². The number of ether oxygens (including phenoxy) is 3. The van der Waals surface area contributed by atoms with E-state index in [-0.39, 0.29) is 19.1 Å². The fraction of sp³-hybridized carbons (Fsp3) is 0.333. The van der Waals surface area contributed by atoms with Crippen molar-refractivity contribution in [2.24, 2.45) is 0 Å². The predicted octanol–water partition coefficient (Wildman–Crippen LogP) is 2.83. The molecule has 1 saturated heterocycles. The lowest BCUT2D eigenvalue weighted by molar-refractivity contribution is -0.123. The van der Waals surface area contributed by atoms with Gasteiger partial charge in [-0.05, 0) is 49.2 Å². The molecule has 1 fully saturated rings. The van der Waals surface area contributed by atoms with Crippen molar-refractivity contribution >= 4 is 17.7 Å². The third-order valence-electron chi connectivity index (χ3n) is 4.35. The Hall–Kier alpha value is -3.22. The van der Waals surface area contributed by atoms with Crippen LogP contribution in [0, 0.1) is 13.8 Å². The fourth-order valence-corrected chi connectivity index (χ4v) is 3.11. The first-order valence-corrected chi connectivity index (χ1v) is 9.05. The van der Waals surface area contributed by atoms with Crippen molar-refractivity contribution in [2.45, 2.75) is 20.0 Å². The molecule has 28 heavy (non-hydrogen) atoms. The standard InChI is InChI=1S/C21H24N2O5/c1-14-8-15(2)10-16(9-14)23-12-17(28-21(23)25)11-22-20(24)13-27-19-7-5-4-6-18(19)26-3/h4-10,17H,11-13H2,1-3H3,(H,22,24). The molecule has 1 N–H and O–H groups in total. The van der Waals surface area contributed by atoms with Gasteiger partial charge in [-0.3, -0.25) is 9.69 Å². The normalized spacial score (nSPS) is 15.9. The Kier molecular flexibility index (Phi) is 6.03. The molecule has 1 aliphatic rings. The Labute approximate surface area is 164 Å². The summed E-state index contributed by atoms with van der Waals surface area (Å²) in [6.45, 7) is 4.42. The van der Waals surface area contributed by atoms with Crippen LogP contribution in [0.1, 0.15) is 11.1 Å². The van der Waals surface area contributed by atoms with E-state index < -0.39 is 12.2 Å². The Bertz CT molecular complexity index is 847. The van der Waals surface area contributed by atoms with Crippen LogP contribution in [0.5, 0.6) is 11.5 Å². The van der Waals surface area contributed by atoms with Crippen molar-refractivity contribution < 1.29 is 23.8 Å². The van der Waals surface area contributed by atoms with E-state index >= 15 is 0 Å². The fourth-order valence-electron chi connectivity index (χ4n) is 3.11. The smallest absolute Gasteiger partial charge is 0.414 e. The molecule has 0 saturated carbocycles. The summed E-state index contributed by atoms with van der Waals surface area (Å²) < 4.78 is 16.0. The molecule has 0 bridgehead atoms. The maximum absolute atomic E-state index is 12.2. The van der Waals surface area contributed by atoms with E-state index in [2.05, 4.69) is 5.32 Å². The van der Waals surface area contributed by atoms with Gasteiger partial charge in [0, 0.05) is 5.69 Å². The summed E-state index contributed by atoms with van der Waals surface area (Å²) in [5.74, 6) is 0.754. The van der Waals surface area contributed by atoms with Crippen LogP contribution < -0.4 is 19.7 Å². The molecule has 2 amide bonds. The number of rotatable bonds is 7. The van der Waals surface area contributed by atoms with Crippen molar-refractivity contribution in [3.63, 3.8) is 0 Å². The van der Waals surface area contributed by atoms with Crippen LogP contribution >= 0.6 is 0 Å². The van der Waals surface area contributed by atoms with Crippen LogP contribution in [0.4, 0.5) is 10.5 Å². The van der Waals surface area contributed by atoms with Gasteiger partial charge in [0.25, 0.3) is 5.91 Å². The third kappa shape index (κ3) is 4.73. The van der Waals surface area contributed by atoms with Crippen LogP contribution in [0.25, 0.3) is 0 Å². The number of anilines is 1. The minimum absolute atomic E-state index is 0.151. The van der Waals surface area contributed by atoms with E-state index in [4.69, 9.17) is 14.2 Å². The summed E-state index contributed by atoms with van der Waals surface area (Å²) in [7, 11) is 1.54. The average molecular weight is 384 g/mol. The number of nitrogens with one attached hydrogen (secondary N) is 1. The summed E-state index contributed by atoms with van der Waals surface area (Å²) in [5.41, 5.74) is 2.96. The summed E-state index contributed by atoms with van der Waals surface area (Å²) in [5, 5.41) is 2.74. The number of para-hydroxylation sites is 2. The van der Waals surface area contributed by atoms with Gasteiger partial charge in [0.15, 0.2) is 18.1 Å². The molecule has 1 atom stereocenters. The number of amides is 2. The average Bonchev–Trinajstić information content (AvgIpc) is 3.05. The van der Waals surface area contributed by atoms with Gasteiger partial charge in [0.05, 0.1) is 20.2 Å². The van der Waals surface area contributed by atoms with Crippen molar-refractivity contribution in [3.8, 4) is 11.5 Å². The van der Waals surface area contributed by atoms with E-state index in [1.165, 1.54) is 7.11 Å². The van der Waals surface area contributed by atoms with Crippen molar-refractivity contribution in [2.75, 3.05) is 31.7 Å². The zero-order valence-electron chi connectivity index (χ0n) is 16.2. The Balaban J connectivity index is 1.50. The number of carbonyl (C=O) groups is 2. The van der Waals surface area contributed by atoms with E-state index in [9.17, 15) is 9.59 Å². The molecule has 1 aliphatic heterocycles. The number of carbonyl (C=O) groups excluding carboxylic acids is 2. The SMILES string of the molecule is COc1ccccc1OCC(=O)NCC1CN(c2cc(C)cc(C)c2)C(=O)O1. The highest BCUT2D eigenvalue weighted by Crippen LogP contribution is 2.26. The molecule has 1 heterocycles. The molecule has 2 aromatic carbocycles. The molecule has 3 rings (SSSR count). The molecule has 0 spiro atoms. The van der Waals surface area contributed by atoms with Crippen LogP contribution in [0.15, 0.2) is 42.5 Å². The molecule has 148 valence electrons. The minimum atomic E-state index is -0.413. The molecule has 7 heteroatoms. The first-order valence-electron chi connectivity index (χ1n) is 9.05. The lowest BCUT2D eigenvalue weighted by Gasteiger charge is -2.15. The number of aryl methyl sites for hydroxylation is 2. The molecule has 2 aromatic rings. The number of methoxy groups -OCH3 is 1. The summed E-state index contributed by atoms with van der Waals surface area (Å²) in [6.07, 6.45) is -0.821. The van der Waals surface area contributed by atoms with Gasteiger partial charge in [0.2, 0.25) is 0 Å². The predicted molar refractivity (Wildman–Crippen MR) is 105 cm³/mol. The number of cyclic esters (lactones) is 1. The molecule has 0 aliphatic carbocycles. The Morgan fingerprint density at radius 1 is 1.18 bits per heavy atom. The molecular formula is C21H24N2O5.